The van der Waals surface area contributed by atoms with Crippen LogP contribution in [0.15, 0.2) is 71.1 Å². The van der Waals surface area contributed by atoms with Crippen LogP contribution in [0.5, 0.6) is 5.75 Å². The number of halogens is 1. The molecule has 1 amide bonds. The van der Waals surface area contributed by atoms with E-state index in [4.69, 9.17) is 4.74 Å². The number of nitrogens with one attached hydrogen (secondary N) is 2. The van der Waals surface area contributed by atoms with Crippen LogP contribution in [0, 0.1) is 5.82 Å². The number of rotatable bonds is 4. The number of ketones is 1. The van der Waals surface area contributed by atoms with Crippen molar-refractivity contribution in [3.63, 3.8) is 0 Å². The molecule has 154 valence electrons. The molecule has 2 N–H and O–H groups in total. The summed E-state index contributed by atoms with van der Waals surface area (Å²) in [5.74, 6) is -0.593. The van der Waals surface area contributed by atoms with Crippen LogP contribution in [-0.4, -0.2) is 18.8 Å². The van der Waals surface area contributed by atoms with Crippen LogP contribution in [0.4, 0.5) is 10.1 Å². The highest BCUT2D eigenvalue weighted by Crippen LogP contribution is 2.45. The number of dihydropyridines is 1. The Bertz CT molecular complexity index is 1070. The molecule has 2 aromatic rings. The van der Waals surface area contributed by atoms with Gasteiger partial charge in [-0.05, 0) is 50.1 Å². The maximum absolute atomic E-state index is 13.3. The molecular weight excluding hydrogens is 383 g/mol. The van der Waals surface area contributed by atoms with Gasteiger partial charge in [-0.2, -0.15) is 0 Å². The van der Waals surface area contributed by atoms with E-state index in [2.05, 4.69) is 10.6 Å². The number of benzene rings is 2. The van der Waals surface area contributed by atoms with Gasteiger partial charge in [-0.1, -0.05) is 18.2 Å². The Labute approximate surface area is 174 Å². The zero-order chi connectivity index (χ0) is 21.3. The van der Waals surface area contributed by atoms with E-state index >= 15 is 0 Å². The Morgan fingerprint density at radius 3 is 2.60 bits per heavy atom. The van der Waals surface area contributed by atoms with Gasteiger partial charge in [0.05, 0.1) is 13.0 Å². The number of anilines is 1. The molecule has 1 aliphatic heterocycles. The van der Waals surface area contributed by atoms with Gasteiger partial charge in [0, 0.05) is 40.2 Å². The van der Waals surface area contributed by atoms with Gasteiger partial charge in [-0.3, -0.25) is 9.59 Å². The van der Waals surface area contributed by atoms with Crippen molar-refractivity contribution in [1.29, 1.82) is 0 Å². The van der Waals surface area contributed by atoms with Gasteiger partial charge in [0.1, 0.15) is 11.6 Å². The molecular formula is C24H23FN2O3. The Kier molecular flexibility index (Phi) is 5.40. The highest BCUT2D eigenvalue weighted by Gasteiger charge is 2.39. The summed E-state index contributed by atoms with van der Waals surface area (Å²) in [4.78, 5) is 26.3. The van der Waals surface area contributed by atoms with Crippen LogP contribution >= 0.6 is 0 Å². The average molecular weight is 406 g/mol. The third kappa shape index (κ3) is 3.61. The first kappa shape index (κ1) is 19.9. The van der Waals surface area contributed by atoms with Gasteiger partial charge in [-0.25, -0.2) is 4.39 Å². The van der Waals surface area contributed by atoms with Gasteiger partial charge in [0.15, 0.2) is 5.78 Å². The maximum atomic E-state index is 13.3. The highest BCUT2D eigenvalue weighted by atomic mass is 19.1. The highest BCUT2D eigenvalue weighted by molar-refractivity contribution is 6.09. The lowest BCUT2D eigenvalue weighted by Crippen LogP contribution is -2.35. The van der Waals surface area contributed by atoms with Crippen LogP contribution in [0.2, 0.25) is 0 Å². The summed E-state index contributed by atoms with van der Waals surface area (Å²) in [7, 11) is 1.58. The van der Waals surface area contributed by atoms with E-state index in [0.717, 1.165) is 24.1 Å². The van der Waals surface area contributed by atoms with Gasteiger partial charge in [0.25, 0.3) is 5.91 Å². The van der Waals surface area contributed by atoms with Crippen LogP contribution < -0.4 is 15.4 Å². The summed E-state index contributed by atoms with van der Waals surface area (Å²) in [6.07, 6.45) is 2.00. The minimum absolute atomic E-state index is 0.0410. The molecule has 0 fully saturated rings. The summed E-state index contributed by atoms with van der Waals surface area (Å²) >= 11 is 0. The lowest BCUT2D eigenvalue weighted by molar-refractivity contribution is -0.116. The third-order valence-electron chi connectivity index (χ3n) is 5.57. The fourth-order valence-electron chi connectivity index (χ4n) is 4.23. The normalized spacial score (nSPS) is 18.6. The lowest BCUT2D eigenvalue weighted by atomic mass is 9.74. The smallest absolute Gasteiger partial charge is 0.254 e. The second-order valence-electron chi connectivity index (χ2n) is 7.47. The average Bonchev–Trinajstić information content (AvgIpc) is 2.74. The van der Waals surface area contributed by atoms with Crippen molar-refractivity contribution in [3.05, 3.63) is 82.5 Å². The van der Waals surface area contributed by atoms with Crippen molar-refractivity contribution in [3.8, 4) is 5.75 Å². The molecule has 1 unspecified atom stereocenters. The molecule has 1 atom stereocenters. The van der Waals surface area contributed by atoms with Crippen molar-refractivity contribution >= 4 is 17.4 Å². The Morgan fingerprint density at radius 2 is 1.87 bits per heavy atom. The van der Waals surface area contributed by atoms with E-state index < -0.39 is 5.92 Å². The predicted octanol–water partition coefficient (Wildman–Crippen LogP) is 4.44. The number of allylic oxidation sites excluding steroid dienone is 3. The molecule has 2 aromatic carbocycles. The number of methoxy groups -OCH3 is 1. The standard InChI is InChI=1S/C24H23FN2O3/c1-14-21(24(29)27-16-12-10-15(25)11-13-16)22(17-6-3-4-9-20(17)30-2)23-18(26-14)7-5-8-19(23)28/h3-4,6,9-13,22,26H,5,7-8H2,1-2H3,(H,27,29). The summed E-state index contributed by atoms with van der Waals surface area (Å²) in [5, 5.41) is 6.13. The van der Waals surface area contributed by atoms with Crippen LogP contribution in [-0.2, 0) is 9.59 Å². The fourth-order valence-corrected chi connectivity index (χ4v) is 4.23. The summed E-state index contributed by atoms with van der Waals surface area (Å²) < 4.78 is 18.8. The number of amides is 1. The van der Waals surface area contributed by atoms with Gasteiger partial charge < -0.3 is 15.4 Å². The quantitative estimate of drug-likeness (QED) is 0.788. The van der Waals surface area contributed by atoms with E-state index in [1.54, 1.807) is 7.11 Å². The van der Waals surface area contributed by atoms with E-state index in [1.807, 2.05) is 31.2 Å². The second-order valence-corrected chi connectivity index (χ2v) is 7.47. The number of carbonyl (C=O) groups excluding carboxylic acids is 2. The Balaban J connectivity index is 1.81. The molecule has 4 rings (SSSR count). The first-order valence-corrected chi connectivity index (χ1v) is 9.93. The van der Waals surface area contributed by atoms with Crippen molar-refractivity contribution in [2.75, 3.05) is 12.4 Å². The predicted molar refractivity (Wildman–Crippen MR) is 112 cm³/mol. The van der Waals surface area contributed by atoms with Crippen molar-refractivity contribution in [1.82, 2.24) is 5.32 Å². The largest absolute Gasteiger partial charge is 0.496 e. The number of carbonyl (C=O) groups is 2. The van der Waals surface area contributed by atoms with Crippen molar-refractivity contribution in [2.24, 2.45) is 0 Å². The number of para-hydroxylation sites is 1. The molecule has 0 aromatic heterocycles. The molecule has 30 heavy (non-hydrogen) atoms. The Hall–Kier alpha value is -3.41. The maximum Gasteiger partial charge on any atom is 0.254 e. The van der Waals surface area contributed by atoms with E-state index in [-0.39, 0.29) is 17.5 Å². The van der Waals surface area contributed by atoms with E-state index in [1.165, 1.54) is 24.3 Å². The van der Waals surface area contributed by atoms with Crippen LogP contribution in [0.25, 0.3) is 0 Å². The summed E-state index contributed by atoms with van der Waals surface area (Å²) in [6, 6.07) is 13.0. The van der Waals surface area contributed by atoms with Crippen LogP contribution in [0.3, 0.4) is 0 Å². The molecule has 0 saturated carbocycles. The number of hydrogen-bond donors (Lipinski definition) is 2. The third-order valence-corrected chi connectivity index (χ3v) is 5.57. The minimum Gasteiger partial charge on any atom is -0.496 e. The molecule has 0 saturated heterocycles. The van der Waals surface area contributed by atoms with E-state index in [0.29, 0.717) is 34.7 Å². The Morgan fingerprint density at radius 1 is 1.13 bits per heavy atom. The first-order valence-electron chi connectivity index (χ1n) is 9.93. The van der Waals surface area contributed by atoms with Crippen molar-refractivity contribution < 1.29 is 18.7 Å². The zero-order valence-corrected chi connectivity index (χ0v) is 16.9. The van der Waals surface area contributed by atoms with Crippen LogP contribution in [0.1, 0.15) is 37.7 Å². The molecule has 1 aliphatic carbocycles. The lowest BCUT2D eigenvalue weighted by Gasteiger charge is -2.35. The first-order chi connectivity index (χ1) is 14.5. The minimum atomic E-state index is -0.536. The molecule has 5 nitrogen and oxygen atoms in total. The molecule has 1 heterocycles. The summed E-state index contributed by atoms with van der Waals surface area (Å²) in [5.41, 5.74) is 3.90. The van der Waals surface area contributed by atoms with E-state index in [9.17, 15) is 14.0 Å². The SMILES string of the molecule is COc1ccccc1C1C(C(=O)Nc2ccc(F)cc2)=C(C)NC2=C1C(=O)CCC2. The second kappa shape index (κ2) is 8.14. The molecule has 0 bridgehead atoms. The molecule has 0 radical (unpaired) electrons. The monoisotopic (exact) mass is 406 g/mol. The molecule has 6 heteroatoms. The molecule has 2 aliphatic rings. The van der Waals surface area contributed by atoms with Gasteiger partial charge in [0.2, 0.25) is 0 Å². The number of ether oxygens (including phenoxy) is 1. The fraction of sp³-hybridized carbons (Fsp3) is 0.250. The van der Waals surface area contributed by atoms with Crippen molar-refractivity contribution in [2.45, 2.75) is 32.1 Å². The zero-order valence-electron chi connectivity index (χ0n) is 16.9. The van der Waals surface area contributed by atoms with Gasteiger partial charge >= 0.3 is 0 Å². The topological polar surface area (TPSA) is 67.4 Å². The number of Topliss-reactive ketones (excluding diaryl/α,β-unsaturated/α-hetero) is 1. The molecule has 0 spiro atoms. The summed E-state index contributed by atoms with van der Waals surface area (Å²) in [6.45, 7) is 1.84. The number of hydrogen-bond acceptors (Lipinski definition) is 4. The van der Waals surface area contributed by atoms with Gasteiger partial charge in [-0.15, -0.1) is 0 Å².